The number of aromatic nitrogens is 2. The normalized spacial score (nSPS) is 11.2. The van der Waals surface area contributed by atoms with Crippen LogP contribution in [-0.2, 0) is 0 Å². The third-order valence-electron chi connectivity index (χ3n) is 3.15. The van der Waals surface area contributed by atoms with Gasteiger partial charge in [0.05, 0.1) is 21.7 Å². The second-order valence-electron chi connectivity index (χ2n) is 4.73. The van der Waals surface area contributed by atoms with Crippen molar-refractivity contribution in [2.24, 2.45) is 0 Å². The van der Waals surface area contributed by atoms with Gasteiger partial charge in [-0.25, -0.2) is 13.8 Å². The van der Waals surface area contributed by atoms with Gasteiger partial charge in [-0.2, -0.15) is 0 Å². The minimum Gasteiger partial charge on any atom is -0.337 e. The van der Waals surface area contributed by atoms with Gasteiger partial charge in [0.2, 0.25) is 0 Å². The van der Waals surface area contributed by atoms with E-state index in [1.54, 1.807) is 18.2 Å². The molecule has 3 rings (SSSR count). The number of nitrogens with one attached hydrogen (secondary N) is 2. The first-order valence-electron chi connectivity index (χ1n) is 6.48. The molecule has 2 aromatic carbocycles. The van der Waals surface area contributed by atoms with Crippen molar-refractivity contribution >= 4 is 50.2 Å². The molecule has 8 heteroatoms. The Balaban J connectivity index is 1.88. The molecule has 0 aliphatic carbocycles. The number of imidazole rings is 1. The van der Waals surface area contributed by atoms with Crippen LogP contribution in [0.15, 0.2) is 40.9 Å². The second kappa shape index (κ2) is 6.25. The number of carbonyl (C=O) groups is 1. The molecule has 1 aromatic heterocycles. The molecule has 0 aliphatic rings. The van der Waals surface area contributed by atoms with Gasteiger partial charge in [-0.1, -0.05) is 27.5 Å². The Kier molecular flexibility index (Phi) is 4.32. The number of alkyl halides is 2. The van der Waals surface area contributed by atoms with Crippen molar-refractivity contribution < 1.29 is 13.6 Å². The van der Waals surface area contributed by atoms with Crippen LogP contribution >= 0.6 is 27.5 Å². The monoisotopic (exact) mass is 399 g/mol. The zero-order chi connectivity index (χ0) is 16.6. The number of nitrogens with zero attached hydrogens (tertiary/aromatic N) is 1. The molecule has 0 radical (unpaired) electrons. The Morgan fingerprint density at radius 2 is 2.04 bits per heavy atom. The Bertz CT molecular complexity index is 898. The number of aromatic amines is 1. The fourth-order valence-corrected chi connectivity index (χ4v) is 2.78. The number of halogens is 4. The molecular weight excluding hydrogens is 392 g/mol. The largest absolute Gasteiger partial charge is 0.337 e. The molecule has 0 spiro atoms. The highest BCUT2D eigenvalue weighted by molar-refractivity contribution is 9.10. The Labute approximate surface area is 143 Å². The predicted octanol–water partition coefficient (Wildman–Crippen LogP) is 5.17. The van der Waals surface area contributed by atoms with Crippen LogP contribution in [0.1, 0.15) is 22.6 Å². The number of carbonyl (C=O) groups excluding carboxylic acids is 1. The lowest BCUT2D eigenvalue weighted by molar-refractivity contribution is 0.102. The Hall–Kier alpha value is -1.99. The lowest BCUT2D eigenvalue weighted by atomic mass is 10.2. The van der Waals surface area contributed by atoms with Gasteiger partial charge in [0.1, 0.15) is 0 Å². The van der Waals surface area contributed by atoms with Crippen molar-refractivity contribution in [3.8, 4) is 0 Å². The van der Waals surface area contributed by atoms with E-state index in [4.69, 9.17) is 11.6 Å². The Morgan fingerprint density at radius 3 is 2.74 bits per heavy atom. The van der Waals surface area contributed by atoms with E-state index in [0.717, 1.165) is 4.47 Å². The number of anilines is 1. The molecule has 0 bridgehead atoms. The minimum absolute atomic E-state index is 0.306. The molecule has 0 unspecified atom stereocenters. The number of hydrogen-bond donors (Lipinski definition) is 2. The van der Waals surface area contributed by atoms with E-state index in [2.05, 4.69) is 31.2 Å². The molecule has 0 saturated carbocycles. The summed E-state index contributed by atoms with van der Waals surface area (Å²) in [6.45, 7) is 0. The summed E-state index contributed by atoms with van der Waals surface area (Å²) in [6, 6.07) is 9.55. The molecule has 0 aliphatic heterocycles. The van der Waals surface area contributed by atoms with Crippen molar-refractivity contribution in [1.82, 2.24) is 9.97 Å². The SMILES string of the molecule is O=C(Nc1ccc(Br)cc1Cl)c1ccc2nc(C(F)F)[nH]c2c1. The van der Waals surface area contributed by atoms with E-state index in [-0.39, 0.29) is 0 Å². The van der Waals surface area contributed by atoms with Crippen molar-refractivity contribution in [2.75, 3.05) is 5.32 Å². The standard InChI is InChI=1S/C15H9BrClF2N3O/c16-8-2-4-10(9(17)6-8)22-15(23)7-1-3-11-12(5-7)21-14(20-11)13(18)19/h1-6,13H,(H,20,21)(H,22,23). The fraction of sp³-hybridized carbons (Fsp3) is 0.0667. The lowest BCUT2D eigenvalue weighted by Gasteiger charge is -2.07. The van der Waals surface area contributed by atoms with E-state index in [9.17, 15) is 13.6 Å². The number of rotatable bonds is 3. The van der Waals surface area contributed by atoms with Gasteiger partial charge < -0.3 is 10.3 Å². The molecule has 3 aromatic rings. The van der Waals surface area contributed by atoms with E-state index in [1.807, 2.05) is 0 Å². The Morgan fingerprint density at radius 1 is 1.26 bits per heavy atom. The molecule has 118 valence electrons. The van der Waals surface area contributed by atoms with Crippen LogP contribution in [0.2, 0.25) is 5.02 Å². The molecular formula is C15H9BrClF2N3O. The molecule has 2 N–H and O–H groups in total. The third kappa shape index (κ3) is 3.35. The number of hydrogen-bond acceptors (Lipinski definition) is 2. The van der Waals surface area contributed by atoms with Gasteiger partial charge in [0.25, 0.3) is 12.3 Å². The van der Waals surface area contributed by atoms with Crippen LogP contribution in [0, 0.1) is 0 Å². The maximum Gasteiger partial charge on any atom is 0.295 e. The maximum absolute atomic E-state index is 12.6. The van der Waals surface area contributed by atoms with Gasteiger partial charge in [0, 0.05) is 10.0 Å². The van der Waals surface area contributed by atoms with Crippen LogP contribution in [-0.4, -0.2) is 15.9 Å². The van der Waals surface area contributed by atoms with Gasteiger partial charge >= 0.3 is 0 Å². The zero-order valence-electron chi connectivity index (χ0n) is 11.4. The average Bonchev–Trinajstić information content (AvgIpc) is 2.93. The number of amides is 1. The summed E-state index contributed by atoms with van der Waals surface area (Å²) in [5, 5.41) is 3.06. The van der Waals surface area contributed by atoms with Gasteiger partial charge in [-0.3, -0.25) is 4.79 Å². The van der Waals surface area contributed by atoms with Gasteiger partial charge in [-0.15, -0.1) is 0 Å². The van der Waals surface area contributed by atoms with Crippen molar-refractivity contribution in [3.63, 3.8) is 0 Å². The summed E-state index contributed by atoms with van der Waals surface area (Å²) in [4.78, 5) is 18.5. The zero-order valence-corrected chi connectivity index (χ0v) is 13.8. The van der Waals surface area contributed by atoms with E-state index in [0.29, 0.717) is 27.3 Å². The van der Waals surface area contributed by atoms with Crippen LogP contribution in [0.25, 0.3) is 11.0 Å². The molecule has 0 atom stereocenters. The predicted molar refractivity (Wildman–Crippen MR) is 88.2 cm³/mol. The van der Waals surface area contributed by atoms with E-state index >= 15 is 0 Å². The highest BCUT2D eigenvalue weighted by atomic mass is 79.9. The lowest BCUT2D eigenvalue weighted by Crippen LogP contribution is -2.12. The van der Waals surface area contributed by atoms with Crippen molar-refractivity contribution in [1.29, 1.82) is 0 Å². The van der Waals surface area contributed by atoms with Crippen LogP contribution < -0.4 is 5.32 Å². The molecule has 0 fully saturated rings. The third-order valence-corrected chi connectivity index (χ3v) is 3.95. The van der Waals surface area contributed by atoms with Crippen molar-refractivity contribution in [3.05, 3.63) is 57.3 Å². The highest BCUT2D eigenvalue weighted by Gasteiger charge is 2.15. The van der Waals surface area contributed by atoms with Crippen molar-refractivity contribution in [2.45, 2.75) is 6.43 Å². The number of fused-ring (bicyclic) bond motifs is 1. The molecule has 23 heavy (non-hydrogen) atoms. The summed E-state index contributed by atoms with van der Waals surface area (Å²) >= 11 is 9.33. The summed E-state index contributed by atoms with van der Waals surface area (Å²) in [5.41, 5.74) is 1.51. The van der Waals surface area contributed by atoms with Gasteiger partial charge in [-0.05, 0) is 36.4 Å². The topological polar surface area (TPSA) is 57.8 Å². The molecule has 1 heterocycles. The second-order valence-corrected chi connectivity index (χ2v) is 6.06. The number of H-pyrrole nitrogens is 1. The number of benzene rings is 2. The van der Waals surface area contributed by atoms with Crippen LogP contribution in [0.4, 0.5) is 14.5 Å². The first-order chi connectivity index (χ1) is 10.9. The fourth-order valence-electron chi connectivity index (χ4n) is 2.06. The summed E-state index contributed by atoms with van der Waals surface area (Å²) in [7, 11) is 0. The highest BCUT2D eigenvalue weighted by Crippen LogP contribution is 2.26. The summed E-state index contributed by atoms with van der Waals surface area (Å²) < 4.78 is 26.1. The molecule has 0 saturated heterocycles. The quantitative estimate of drug-likeness (QED) is 0.637. The molecule has 1 amide bonds. The first kappa shape index (κ1) is 15.9. The summed E-state index contributed by atoms with van der Waals surface area (Å²) in [6.07, 6.45) is -2.69. The van der Waals surface area contributed by atoms with E-state index < -0.39 is 18.2 Å². The maximum atomic E-state index is 12.6. The van der Waals surface area contributed by atoms with Crippen LogP contribution in [0.3, 0.4) is 0 Å². The summed E-state index contributed by atoms with van der Waals surface area (Å²) in [5.74, 6) is -0.821. The van der Waals surface area contributed by atoms with E-state index in [1.165, 1.54) is 18.2 Å². The van der Waals surface area contributed by atoms with Gasteiger partial charge in [0.15, 0.2) is 5.82 Å². The smallest absolute Gasteiger partial charge is 0.295 e. The minimum atomic E-state index is -2.69. The van der Waals surface area contributed by atoms with Crippen LogP contribution in [0.5, 0.6) is 0 Å². The average molecular weight is 401 g/mol. The molecule has 4 nitrogen and oxygen atoms in total. The first-order valence-corrected chi connectivity index (χ1v) is 7.65.